The highest BCUT2D eigenvalue weighted by Gasteiger charge is 2.31. The zero-order chi connectivity index (χ0) is 14.0. The lowest BCUT2D eigenvalue weighted by Gasteiger charge is -2.25. The summed E-state index contributed by atoms with van der Waals surface area (Å²) in [7, 11) is 1.60. The van der Waals surface area contributed by atoms with Crippen LogP contribution < -0.4 is 10.6 Å². The first-order chi connectivity index (χ1) is 8.46. The number of methoxy groups -OCH3 is 1. The first-order valence-corrected chi connectivity index (χ1v) is 6.20. The number of ether oxygens (including phenoxy) is 1. The predicted molar refractivity (Wildman–Crippen MR) is 68.5 cm³/mol. The number of hydrogen-bond donors (Lipinski definition) is 3. The van der Waals surface area contributed by atoms with Crippen LogP contribution in [0.1, 0.15) is 33.1 Å². The summed E-state index contributed by atoms with van der Waals surface area (Å²) in [4.78, 5) is 22.6. The molecule has 0 aliphatic heterocycles. The van der Waals surface area contributed by atoms with Gasteiger partial charge in [-0.15, -0.1) is 0 Å². The molecule has 0 aromatic carbocycles. The lowest BCUT2D eigenvalue weighted by molar-refractivity contribution is -0.144. The topological polar surface area (TPSA) is 87.7 Å². The fourth-order valence-corrected chi connectivity index (χ4v) is 1.55. The number of carbonyl (C=O) groups is 2. The molecule has 1 unspecified atom stereocenters. The highest BCUT2D eigenvalue weighted by atomic mass is 16.5. The Balaban J connectivity index is 3.97. The quantitative estimate of drug-likeness (QED) is 0.494. The molecular weight excluding hydrogens is 236 g/mol. The summed E-state index contributed by atoms with van der Waals surface area (Å²) in [5.41, 5.74) is -1.04. The summed E-state index contributed by atoms with van der Waals surface area (Å²) in [6.45, 7) is 4.64. The molecule has 0 aromatic rings. The number of carboxylic acids is 1. The summed E-state index contributed by atoms with van der Waals surface area (Å²) in [5, 5.41) is 14.6. The number of hydrogen-bond acceptors (Lipinski definition) is 4. The standard InChI is InChI=1S/C12H24N2O4/c1-4-6-12(2,11(16)17)14-9-10(15)13-7-5-8-18-3/h14H,4-9H2,1-3H3,(H,13,15)(H,16,17). The Morgan fingerprint density at radius 3 is 2.56 bits per heavy atom. The molecule has 106 valence electrons. The maximum atomic E-state index is 11.5. The van der Waals surface area contributed by atoms with Crippen LogP contribution in [-0.4, -0.2) is 49.3 Å². The molecule has 0 saturated carbocycles. The largest absolute Gasteiger partial charge is 0.480 e. The van der Waals surface area contributed by atoms with Crippen molar-refractivity contribution < 1.29 is 19.4 Å². The van der Waals surface area contributed by atoms with E-state index in [0.29, 0.717) is 19.6 Å². The summed E-state index contributed by atoms with van der Waals surface area (Å²) in [6.07, 6.45) is 1.97. The van der Waals surface area contributed by atoms with Crippen LogP contribution in [0.5, 0.6) is 0 Å². The van der Waals surface area contributed by atoms with Gasteiger partial charge in [-0.05, 0) is 19.8 Å². The molecule has 6 nitrogen and oxygen atoms in total. The predicted octanol–water partition coefficient (Wildman–Crippen LogP) is 0.372. The summed E-state index contributed by atoms with van der Waals surface area (Å²) < 4.78 is 4.86. The number of carbonyl (C=O) groups excluding carboxylic acids is 1. The first-order valence-electron chi connectivity index (χ1n) is 6.20. The molecular formula is C12H24N2O4. The molecule has 0 aliphatic carbocycles. The SMILES string of the molecule is CCCC(C)(NCC(=O)NCCCOC)C(=O)O. The Hall–Kier alpha value is -1.14. The number of amides is 1. The van der Waals surface area contributed by atoms with E-state index in [0.717, 1.165) is 12.8 Å². The van der Waals surface area contributed by atoms with Crippen LogP contribution in [0.15, 0.2) is 0 Å². The zero-order valence-corrected chi connectivity index (χ0v) is 11.4. The van der Waals surface area contributed by atoms with Crippen molar-refractivity contribution in [2.24, 2.45) is 0 Å². The Morgan fingerprint density at radius 1 is 1.39 bits per heavy atom. The van der Waals surface area contributed by atoms with Gasteiger partial charge < -0.3 is 15.2 Å². The van der Waals surface area contributed by atoms with E-state index in [4.69, 9.17) is 9.84 Å². The smallest absolute Gasteiger partial charge is 0.323 e. The van der Waals surface area contributed by atoms with E-state index in [9.17, 15) is 9.59 Å². The Morgan fingerprint density at radius 2 is 2.06 bits per heavy atom. The number of aliphatic carboxylic acids is 1. The van der Waals surface area contributed by atoms with Gasteiger partial charge in [0.15, 0.2) is 0 Å². The third-order valence-electron chi connectivity index (χ3n) is 2.71. The van der Waals surface area contributed by atoms with Crippen molar-refractivity contribution >= 4 is 11.9 Å². The van der Waals surface area contributed by atoms with E-state index in [1.807, 2.05) is 6.92 Å². The van der Waals surface area contributed by atoms with Gasteiger partial charge in [0.25, 0.3) is 0 Å². The molecule has 6 heteroatoms. The van der Waals surface area contributed by atoms with Crippen LogP contribution in [-0.2, 0) is 14.3 Å². The van der Waals surface area contributed by atoms with Crippen LogP contribution in [0.3, 0.4) is 0 Å². The molecule has 0 bridgehead atoms. The molecule has 0 rings (SSSR count). The number of nitrogens with one attached hydrogen (secondary N) is 2. The summed E-state index contributed by atoms with van der Waals surface area (Å²) in [5.74, 6) is -1.13. The van der Waals surface area contributed by atoms with Crippen LogP contribution in [0.25, 0.3) is 0 Å². The monoisotopic (exact) mass is 260 g/mol. The van der Waals surface area contributed by atoms with Crippen molar-refractivity contribution in [3.05, 3.63) is 0 Å². The lowest BCUT2D eigenvalue weighted by Crippen LogP contribution is -2.52. The minimum atomic E-state index is -1.04. The van der Waals surface area contributed by atoms with Gasteiger partial charge in [0.1, 0.15) is 5.54 Å². The van der Waals surface area contributed by atoms with Crippen molar-refractivity contribution in [1.82, 2.24) is 10.6 Å². The van der Waals surface area contributed by atoms with E-state index in [-0.39, 0.29) is 12.5 Å². The van der Waals surface area contributed by atoms with Gasteiger partial charge in [0.2, 0.25) is 5.91 Å². The van der Waals surface area contributed by atoms with Crippen LogP contribution in [0.4, 0.5) is 0 Å². The first kappa shape index (κ1) is 16.9. The third kappa shape index (κ3) is 6.56. The fourth-order valence-electron chi connectivity index (χ4n) is 1.55. The minimum Gasteiger partial charge on any atom is -0.480 e. The van der Waals surface area contributed by atoms with Gasteiger partial charge in [-0.25, -0.2) is 0 Å². The molecule has 0 saturated heterocycles. The maximum absolute atomic E-state index is 11.5. The van der Waals surface area contributed by atoms with Crippen molar-refractivity contribution in [2.75, 3.05) is 26.8 Å². The van der Waals surface area contributed by atoms with Crippen LogP contribution >= 0.6 is 0 Å². The molecule has 0 spiro atoms. The second kappa shape index (κ2) is 8.88. The van der Waals surface area contributed by atoms with Crippen molar-refractivity contribution in [3.8, 4) is 0 Å². The van der Waals surface area contributed by atoms with Crippen molar-refractivity contribution in [2.45, 2.75) is 38.6 Å². The highest BCUT2D eigenvalue weighted by Crippen LogP contribution is 2.11. The van der Waals surface area contributed by atoms with E-state index >= 15 is 0 Å². The number of carboxylic acid groups (broad SMARTS) is 1. The lowest BCUT2D eigenvalue weighted by atomic mass is 9.96. The highest BCUT2D eigenvalue weighted by molar-refractivity contribution is 5.81. The van der Waals surface area contributed by atoms with Crippen molar-refractivity contribution in [1.29, 1.82) is 0 Å². The average Bonchev–Trinajstić information content (AvgIpc) is 2.32. The van der Waals surface area contributed by atoms with E-state index in [1.165, 1.54) is 0 Å². The zero-order valence-electron chi connectivity index (χ0n) is 11.4. The van der Waals surface area contributed by atoms with Gasteiger partial charge >= 0.3 is 5.97 Å². The maximum Gasteiger partial charge on any atom is 0.323 e. The van der Waals surface area contributed by atoms with E-state index in [2.05, 4.69) is 10.6 Å². The van der Waals surface area contributed by atoms with Crippen molar-refractivity contribution in [3.63, 3.8) is 0 Å². The van der Waals surface area contributed by atoms with E-state index < -0.39 is 11.5 Å². The van der Waals surface area contributed by atoms with E-state index in [1.54, 1.807) is 14.0 Å². The van der Waals surface area contributed by atoms with Crippen LogP contribution in [0, 0.1) is 0 Å². The second-order valence-electron chi connectivity index (χ2n) is 4.44. The summed E-state index contributed by atoms with van der Waals surface area (Å²) >= 11 is 0. The molecule has 0 aliphatic rings. The van der Waals surface area contributed by atoms with Gasteiger partial charge in [-0.3, -0.25) is 14.9 Å². The molecule has 0 fully saturated rings. The molecule has 0 radical (unpaired) electrons. The molecule has 18 heavy (non-hydrogen) atoms. The summed E-state index contributed by atoms with van der Waals surface area (Å²) in [6, 6.07) is 0. The van der Waals surface area contributed by atoms with Gasteiger partial charge in [-0.1, -0.05) is 13.3 Å². The Labute approximate surface area is 108 Å². The molecule has 0 heterocycles. The third-order valence-corrected chi connectivity index (χ3v) is 2.71. The molecule has 3 N–H and O–H groups in total. The molecule has 0 aromatic heterocycles. The van der Waals surface area contributed by atoms with Gasteiger partial charge in [-0.2, -0.15) is 0 Å². The number of rotatable bonds is 10. The average molecular weight is 260 g/mol. The second-order valence-corrected chi connectivity index (χ2v) is 4.44. The van der Waals surface area contributed by atoms with Gasteiger partial charge in [0, 0.05) is 20.3 Å². The van der Waals surface area contributed by atoms with Crippen LogP contribution in [0.2, 0.25) is 0 Å². The fraction of sp³-hybridized carbons (Fsp3) is 0.833. The molecule has 1 amide bonds. The normalized spacial score (nSPS) is 13.9. The molecule has 1 atom stereocenters. The Kier molecular flexibility index (Phi) is 8.32. The minimum absolute atomic E-state index is 0.00970. The van der Waals surface area contributed by atoms with Gasteiger partial charge in [0.05, 0.1) is 6.54 Å². The Bertz CT molecular complexity index is 271.